The van der Waals surface area contributed by atoms with E-state index in [1.54, 1.807) is 0 Å². The maximum absolute atomic E-state index is 12.4. The molecule has 11 nitrogen and oxygen atoms in total. The average molecular weight is 446 g/mol. The van der Waals surface area contributed by atoms with Gasteiger partial charge >= 0.3 is 11.9 Å². The summed E-state index contributed by atoms with van der Waals surface area (Å²) in [6, 6.07) is 3.02. The van der Waals surface area contributed by atoms with E-state index in [0.717, 1.165) is 37.1 Å². The molecule has 1 aliphatic rings. The van der Waals surface area contributed by atoms with Crippen molar-refractivity contribution >= 4 is 23.5 Å². The number of aliphatic carboxylic acids is 1. The van der Waals surface area contributed by atoms with Gasteiger partial charge < -0.3 is 37.0 Å². The third-order valence-corrected chi connectivity index (χ3v) is 4.70. The van der Waals surface area contributed by atoms with Crippen molar-refractivity contribution in [3.63, 3.8) is 0 Å². The van der Waals surface area contributed by atoms with Crippen LogP contribution in [0.2, 0.25) is 0 Å². The van der Waals surface area contributed by atoms with Crippen molar-refractivity contribution in [3.8, 4) is 17.2 Å². The summed E-state index contributed by atoms with van der Waals surface area (Å²) in [7, 11) is 0. The average Bonchev–Trinajstić information content (AvgIpc) is 2.71. The standard InChI is InChI=1S/C15H8O7.C6H14N2O2/c16-6-3-8-12(10(18)4-6)14(20)11-7(13(8)19)1-5(15(21)22)2-9(11)17;7-4-2-1-3-5(8)6(9)10/h1-4,16-18H,(H,21,22);5H,1-4,7-8H2,(H,9,10). The molecule has 0 radical (unpaired) electrons. The molecule has 1 atom stereocenters. The summed E-state index contributed by atoms with van der Waals surface area (Å²) < 4.78 is 0. The van der Waals surface area contributed by atoms with Crippen LogP contribution in [0.3, 0.4) is 0 Å². The van der Waals surface area contributed by atoms with Gasteiger partial charge in [0.1, 0.15) is 23.3 Å². The van der Waals surface area contributed by atoms with Gasteiger partial charge in [-0.3, -0.25) is 14.4 Å². The quantitative estimate of drug-likeness (QED) is 0.262. The number of phenols is 3. The molecule has 2 aromatic rings. The van der Waals surface area contributed by atoms with Crippen molar-refractivity contribution in [3.05, 3.63) is 52.1 Å². The van der Waals surface area contributed by atoms with Gasteiger partial charge in [-0.1, -0.05) is 6.42 Å². The first-order chi connectivity index (χ1) is 15.0. The number of carboxylic acids is 2. The Kier molecular flexibility index (Phi) is 7.52. The summed E-state index contributed by atoms with van der Waals surface area (Å²) in [6.07, 6.45) is 2.16. The fraction of sp³-hybridized carbons (Fsp3) is 0.238. The molecule has 0 bridgehead atoms. The number of aromatic hydroxyl groups is 3. The molecule has 9 N–H and O–H groups in total. The number of rotatable bonds is 6. The Bertz CT molecular complexity index is 1100. The second-order valence-electron chi connectivity index (χ2n) is 7.00. The zero-order valence-corrected chi connectivity index (χ0v) is 16.7. The molecular weight excluding hydrogens is 424 g/mol. The summed E-state index contributed by atoms with van der Waals surface area (Å²) in [5.41, 5.74) is 8.81. The van der Waals surface area contributed by atoms with Crippen LogP contribution < -0.4 is 11.5 Å². The van der Waals surface area contributed by atoms with Crippen LogP contribution in [0, 0.1) is 0 Å². The van der Waals surface area contributed by atoms with Crippen LogP contribution in [0.25, 0.3) is 0 Å². The van der Waals surface area contributed by atoms with E-state index in [4.69, 9.17) is 21.7 Å². The van der Waals surface area contributed by atoms with Crippen LogP contribution in [0.15, 0.2) is 24.3 Å². The van der Waals surface area contributed by atoms with Crippen LogP contribution in [0.4, 0.5) is 0 Å². The lowest BCUT2D eigenvalue weighted by Gasteiger charge is -2.19. The lowest BCUT2D eigenvalue weighted by atomic mass is 9.82. The van der Waals surface area contributed by atoms with Crippen LogP contribution in [0.1, 0.15) is 61.5 Å². The van der Waals surface area contributed by atoms with Crippen LogP contribution in [-0.4, -0.2) is 61.6 Å². The molecule has 0 aromatic heterocycles. The Labute approximate surface area is 181 Å². The van der Waals surface area contributed by atoms with Crippen molar-refractivity contribution < 1.29 is 44.7 Å². The summed E-state index contributed by atoms with van der Waals surface area (Å²) in [4.78, 5) is 45.9. The first-order valence-electron chi connectivity index (χ1n) is 9.43. The van der Waals surface area contributed by atoms with E-state index in [1.807, 2.05) is 0 Å². The van der Waals surface area contributed by atoms with Crippen molar-refractivity contribution in [1.82, 2.24) is 0 Å². The first kappa shape index (κ1) is 24.3. The number of fused-ring (bicyclic) bond motifs is 2. The number of hydrogen-bond acceptors (Lipinski definition) is 9. The number of ketones is 2. The van der Waals surface area contributed by atoms with Crippen molar-refractivity contribution in [2.24, 2.45) is 11.5 Å². The molecule has 0 saturated heterocycles. The summed E-state index contributed by atoms with van der Waals surface area (Å²) in [6.45, 7) is 0.604. The van der Waals surface area contributed by atoms with Gasteiger partial charge in [-0.15, -0.1) is 0 Å². The Hall–Kier alpha value is -3.96. The molecule has 2 aromatic carbocycles. The Balaban J connectivity index is 0.000000309. The minimum Gasteiger partial charge on any atom is -0.508 e. The number of unbranched alkanes of at least 4 members (excludes halogenated alkanes) is 1. The topological polar surface area (TPSA) is 221 Å². The molecular formula is C21H22N2O9. The fourth-order valence-corrected chi connectivity index (χ4v) is 3.10. The highest BCUT2D eigenvalue weighted by Gasteiger charge is 2.35. The molecule has 170 valence electrons. The molecule has 1 aliphatic carbocycles. The largest absolute Gasteiger partial charge is 0.508 e. The molecule has 0 aliphatic heterocycles. The Morgan fingerprint density at radius 2 is 1.41 bits per heavy atom. The summed E-state index contributed by atoms with van der Waals surface area (Å²) >= 11 is 0. The highest BCUT2D eigenvalue weighted by Crippen LogP contribution is 2.39. The van der Waals surface area contributed by atoms with E-state index < -0.39 is 46.8 Å². The van der Waals surface area contributed by atoms with Crippen molar-refractivity contribution in [2.45, 2.75) is 25.3 Å². The number of benzene rings is 2. The van der Waals surface area contributed by atoms with Gasteiger partial charge in [-0.05, 0) is 37.6 Å². The van der Waals surface area contributed by atoms with E-state index in [1.165, 1.54) is 0 Å². The summed E-state index contributed by atoms with van der Waals surface area (Å²) in [5, 5.41) is 46.4. The first-order valence-corrected chi connectivity index (χ1v) is 9.43. The monoisotopic (exact) mass is 446 g/mol. The molecule has 0 amide bonds. The molecule has 0 saturated carbocycles. The molecule has 11 heteroatoms. The molecule has 0 fully saturated rings. The van der Waals surface area contributed by atoms with Crippen LogP contribution in [-0.2, 0) is 4.79 Å². The molecule has 1 unspecified atom stereocenters. The number of nitrogens with two attached hydrogens (primary N) is 2. The second-order valence-corrected chi connectivity index (χ2v) is 7.00. The van der Waals surface area contributed by atoms with Crippen LogP contribution in [0.5, 0.6) is 17.2 Å². The third kappa shape index (κ3) is 5.02. The minimum absolute atomic E-state index is 0.253. The van der Waals surface area contributed by atoms with E-state index >= 15 is 0 Å². The number of carbonyl (C=O) groups excluding carboxylic acids is 2. The van der Waals surface area contributed by atoms with Crippen LogP contribution >= 0.6 is 0 Å². The molecule has 3 rings (SSSR count). The number of carboxylic acid groups (broad SMARTS) is 2. The van der Waals surface area contributed by atoms with Gasteiger partial charge in [-0.25, -0.2) is 4.79 Å². The predicted octanol–water partition coefficient (Wildman–Crippen LogP) is 0.804. The lowest BCUT2D eigenvalue weighted by molar-refractivity contribution is -0.138. The second kappa shape index (κ2) is 9.90. The van der Waals surface area contributed by atoms with E-state index in [0.29, 0.717) is 13.0 Å². The van der Waals surface area contributed by atoms with Gasteiger partial charge in [0.05, 0.1) is 16.7 Å². The zero-order valence-electron chi connectivity index (χ0n) is 16.7. The highest BCUT2D eigenvalue weighted by atomic mass is 16.4. The maximum atomic E-state index is 12.4. The summed E-state index contributed by atoms with van der Waals surface area (Å²) in [5.74, 6) is -5.57. The number of carbonyl (C=O) groups is 4. The number of phenolic OH excluding ortho intramolecular Hbond substituents is 3. The fourth-order valence-electron chi connectivity index (χ4n) is 3.10. The van der Waals surface area contributed by atoms with Crippen molar-refractivity contribution in [1.29, 1.82) is 0 Å². The van der Waals surface area contributed by atoms with Crippen molar-refractivity contribution in [2.75, 3.05) is 6.54 Å². The van der Waals surface area contributed by atoms with Gasteiger partial charge in [-0.2, -0.15) is 0 Å². The third-order valence-electron chi connectivity index (χ3n) is 4.70. The smallest absolute Gasteiger partial charge is 0.335 e. The molecule has 0 spiro atoms. The van der Waals surface area contributed by atoms with Gasteiger partial charge in [0.15, 0.2) is 5.78 Å². The predicted molar refractivity (Wildman–Crippen MR) is 110 cm³/mol. The highest BCUT2D eigenvalue weighted by molar-refractivity contribution is 6.30. The van der Waals surface area contributed by atoms with Gasteiger partial charge in [0, 0.05) is 17.2 Å². The maximum Gasteiger partial charge on any atom is 0.335 e. The minimum atomic E-state index is -1.37. The Morgan fingerprint density at radius 1 is 0.844 bits per heavy atom. The zero-order chi connectivity index (χ0) is 24.2. The number of hydrogen-bond donors (Lipinski definition) is 7. The Morgan fingerprint density at radius 3 is 1.94 bits per heavy atom. The van der Waals surface area contributed by atoms with E-state index in [2.05, 4.69) is 0 Å². The van der Waals surface area contributed by atoms with Gasteiger partial charge in [0.2, 0.25) is 5.78 Å². The molecule has 0 heterocycles. The van der Waals surface area contributed by atoms with E-state index in [9.17, 15) is 34.5 Å². The SMILES string of the molecule is NCCCCC(N)C(=O)O.O=C(O)c1cc(O)c2c(c1)C(=O)c1cc(O)cc(O)c1C2=O. The van der Waals surface area contributed by atoms with E-state index in [-0.39, 0.29) is 27.8 Å². The number of aromatic carboxylic acids is 1. The molecule has 32 heavy (non-hydrogen) atoms. The van der Waals surface area contributed by atoms with Gasteiger partial charge in [0.25, 0.3) is 0 Å². The normalized spacial score (nSPS) is 12.8. The lowest BCUT2D eigenvalue weighted by Crippen LogP contribution is -2.29.